The van der Waals surface area contributed by atoms with E-state index in [9.17, 15) is 4.39 Å². The van der Waals surface area contributed by atoms with E-state index in [1.165, 1.54) is 6.07 Å². The number of rotatable bonds is 8. The molecule has 0 saturated carbocycles. The van der Waals surface area contributed by atoms with Crippen LogP contribution in [0.25, 0.3) is 11.0 Å². The van der Waals surface area contributed by atoms with E-state index in [0.29, 0.717) is 47.3 Å². The zero-order chi connectivity index (χ0) is 18.5. The first-order valence-corrected chi connectivity index (χ1v) is 9.16. The first kappa shape index (κ1) is 18.5. The van der Waals surface area contributed by atoms with Gasteiger partial charge in [0.15, 0.2) is 5.82 Å². The van der Waals surface area contributed by atoms with Crippen LogP contribution in [0, 0.1) is 12.7 Å². The maximum atomic E-state index is 13.8. The van der Waals surface area contributed by atoms with Gasteiger partial charge in [-0.25, -0.2) is 9.37 Å². The molecule has 0 unspecified atom stereocenters. The molecular formula is C20H22ClFN2O2. The number of hydrogen-bond donors (Lipinski definition) is 0. The molecule has 1 aromatic heterocycles. The molecule has 0 radical (unpaired) electrons. The van der Waals surface area contributed by atoms with Gasteiger partial charge < -0.3 is 9.57 Å². The van der Waals surface area contributed by atoms with E-state index in [1.54, 1.807) is 23.8 Å². The highest BCUT2D eigenvalue weighted by Gasteiger charge is 2.12. The van der Waals surface area contributed by atoms with Crippen molar-refractivity contribution in [3.05, 3.63) is 58.6 Å². The zero-order valence-electron chi connectivity index (χ0n) is 15.0. The highest BCUT2D eigenvalue weighted by molar-refractivity contribution is 6.32. The molecule has 3 rings (SSSR count). The fourth-order valence-electron chi connectivity index (χ4n) is 2.72. The van der Waals surface area contributed by atoms with Crippen molar-refractivity contribution in [3.63, 3.8) is 0 Å². The van der Waals surface area contributed by atoms with Crippen molar-refractivity contribution < 1.29 is 14.0 Å². The predicted molar refractivity (Wildman–Crippen MR) is 101 cm³/mol. The van der Waals surface area contributed by atoms with E-state index in [1.807, 2.05) is 18.2 Å². The summed E-state index contributed by atoms with van der Waals surface area (Å²) in [7, 11) is 0. The second-order valence-electron chi connectivity index (χ2n) is 6.11. The van der Waals surface area contributed by atoms with Crippen LogP contribution in [0.5, 0.6) is 5.75 Å². The Bertz CT molecular complexity index is 895. The number of unbranched alkanes of at least 4 members (excludes halogenated alkanes) is 1. The SMILES string of the molecule is CCCCOc1ccc(CCOn2c(C)nc3c(F)cccc32)cc1Cl. The lowest BCUT2D eigenvalue weighted by Gasteiger charge is -2.11. The number of halogens is 2. The lowest BCUT2D eigenvalue weighted by Crippen LogP contribution is -2.15. The molecule has 0 aliphatic carbocycles. The minimum atomic E-state index is -0.349. The van der Waals surface area contributed by atoms with Crippen molar-refractivity contribution in [2.24, 2.45) is 0 Å². The van der Waals surface area contributed by atoms with Crippen LogP contribution in [0.15, 0.2) is 36.4 Å². The number of ether oxygens (including phenoxy) is 1. The van der Waals surface area contributed by atoms with Crippen LogP contribution in [0.2, 0.25) is 5.02 Å². The summed E-state index contributed by atoms with van der Waals surface area (Å²) in [6.07, 6.45) is 2.76. The van der Waals surface area contributed by atoms with Crippen LogP contribution < -0.4 is 9.57 Å². The molecule has 2 aromatic carbocycles. The van der Waals surface area contributed by atoms with Gasteiger partial charge in [-0.15, -0.1) is 0 Å². The van der Waals surface area contributed by atoms with E-state index >= 15 is 0 Å². The van der Waals surface area contributed by atoms with Gasteiger partial charge >= 0.3 is 0 Å². The molecule has 4 nitrogen and oxygen atoms in total. The van der Waals surface area contributed by atoms with Crippen LogP contribution in [-0.2, 0) is 6.42 Å². The number of benzene rings is 2. The van der Waals surface area contributed by atoms with E-state index in [2.05, 4.69) is 11.9 Å². The second kappa shape index (κ2) is 8.41. The molecule has 0 aliphatic heterocycles. The molecule has 0 N–H and O–H groups in total. The molecule has 0 saturated heterocycles. The van der Waals surface area contributed by atoms with Crippen LogP contribution >= 0.6 is 11.6 Å². The van der Waals surface area contributed by atoms with Crippen molar-refractivity contribution in [2.75, 3.05) is 13.2 Å². The normalized spacial score (nSPS) is 11.1. The number of hydrogen-bond acceptors (Lipinski definition) is 3. The summed E-state index contributed by atoms with van der Waals surface area (Å²) in [5.74, 6) is 0.970. The van der Waals surface area contributed by atoms with Crippen molar-refractivity contribution in [3.8, 4) is 5.75 Å². The summed E-state index contributed by atoms with van der Waals surface area (Å²) in [5.41, 5.74) is 1.99. The maximum absolute atomic E-state index is 13.8. The van der Waals surface area contributed by atoms with Crippen LogP contribution in [0.1, 0.15) is 31.2 Å². The molecule has 0 bridgehead atoms. The van der Waals surface area contributed by atoms with Gasteiger partial charge in [0, 0.05) is 6.42 Å². The van der Waals surface area contributed by atoms with Gasteiger partial charge in [0.25, 0.3) is 0 Å². The molecule has 0 atom stereocenters. The van der Waals surface area contributed by atoms with Crippen LogP contribution in [0.3, 0.4) is 0 Å². The molecule has 0 amide bonds. The summed E-state index contributed by atoms with van der Waals surface area (Å²) in [5, 5.41) is 0.602. The maximum Gasteiger partial charge on any atom is 0.151 e. The minimum Gasteiger partial charge on any atom is -0.492 e. The summed E-state index contributed by atoms with van der Waals surface area (Å²) in [4.78, 5) is 10.0. The first-order chi connectivity index (χ1) is 12.6. The third kappa shape index (κ3) is 4.10. The minimum absolute atomic E-state index is 0.321. The van der Waals surface area contributed by atoms with Gasteiger partial charge in [-0.05, 0) is 43.2 Å². The molecule has 138 valence electrons. The molecule has 0 fully saturated rings. The molecule has 0 aliphatic rings. The fourth-order valence-corrected chi connectivity index (χ4v) is 2.98. The quantitative estimate of drug-likeness (QED) is 0.520. The largest absolute Gasteiger partial charge is 0.492 e. The first-order valence-electron chi connectivity index (χ1n) is 8.78. The Balaban J connectivity index is 1.63. The van der Waals surface area contributed by atoms with Crippen LogP contribution in [0.4, 0.5) is 4.39 Å². The topological polar surface area (TPSA) is 36.3 Å². The van der Waals surface area contributed by atoms with Crippen LogP contribution in [-0.4, -0.2) is 22.9 Å². The van der Waals surface area contributed by atoms with Gasteiger partial charge in [-0.2, -0.15) is 4.73 Å². The Morgan fingerprint density at radius 3 is 2.81 bits per heavy atom. The van der Waals surface area contributed by atoms with Gasteiger partial charge in [-0.3, -0.25) is 0 Å². The molecular weight excluding hydrogens is 355 g/mol. The summed E-state index contributed by atoms with van der Waals surface area (Å²) < 4.78 is 21.0. The average Bonchev–Trinajstić information content (AvgIpc) is 2.94. The van der Waals surface area contributed by atoms with Gasteiger partial charge in [-0.1, -0.05) is 37.1 Å². The number of imidazole rings is 1. The molecule has 0 spiro atoms. The Kier molecular flexibility index (Phi) is 5.99. The Labute approximate surface area is 157 Å². The van der Waals surface area contributed by atoms with Gasteiger partial charge in [0.05, 0.1) is 11.6 Å². The van der Waals surface area contributed by atoms with Gasteiger partial charge in [0.2, 0.25) is 0 Å². The summed E-state index contributed by atoms with van der Waals surface area (Å²) >= 11 is 6.28. The standard InChI is InChI=1S/C20H22ClFN2O2/c1-3-4-11-25-19-9-8-15(13-16(19)21)10-12-26-24-14(2)23-20-17(22)6-5-7-18(20)24/h5-9,13H,3-4,10-12H2,1-2H3. The van der Waals surface area contributed by atoms with Crippen molar-refractivity contribution in [2.45, 2.75) is 33.1 Å². The monoisotopic (exact) mass is 376 g/mol. The Hall–Kier alpha value is -2.27. The number of nitrogens with zero attached hydrogens (tertiary/aromatic N) is 2. The predicted octanol–water partition coefficient (Wildman–Crippen LogP) is 4.99. The van der Waals surface area contributed by atoms with E-state index in [4.69, 9.17) is 21.2 Å². The fraction of sp³-hybridized carbons (Fsp3) is 0.350. The molecule has 3 aromatic rings. The molecule has 26 heavy (non-hydrogen) atoms. The Morgan fingerprint density at radius 2 is 2.04 bits per heavy atom. The third-order valence-corrected chi connectivity index (χ3v) is 4.41. The summed E-state index contributed by atoms with van der Waals surface area (Å²) in [6.45, 7) is 5.00. The molecule has 1 heterocycles. The highest BCUT2D eigenvalue weighted by atomic mass is 35.5. The third-order valence-electron chi connectivity index (χ3n) is 4.11. The van der Waals surface area contributed by atoms with Gasteiger partial charge in [0.1, 0.15) is 29.2 Å². The number of para-hydroxylation sites is 1. The van der Waals surface area contributed by atoms with E-state index < -0.39 is 0 Å². The lowest BCUT2D eigenvalue weighted by atomic mass is 10.1. The summed E-state index contributed by atoms with van der Waals surface area (Å²) in [6, 6.07) is 10.6. The van der Waals surface area contributed by atoms with E-state index in [0.717, 1.165) is 18.4 Å². The molecule has 6 heteroatoms. The number of aryl methyl sites for hydroxylation is 1. The van der Waals surface area contributed by atoms with Crippen molar-refractivity contribution in [1.29, 1.82) is 0 Å². The Morgan fingerprint density at radius 1 is 1.19 bits per heavy atom. The van der Waals surface area contributed by atoms with Crippen molar-refractivity contribution in [1.82, 2.24) is 9.71 Å². The second-order valence-corrected chi connectivity index (χ2v) is 6.52. The highest BCUT2D eigenvalue weighted by Crippen LogP contribution is 2.26. The number of fused-ring (bicyclic) bond motifs is 1. The smallest absolute Gasteiger partial charge is 0.151 e. The van der Waals surface area contributed by atoms with Crippen molar-refractivity contribution >= 4 is 22.6 Å². The lowest BCUT2D eigenvalue weighted by molar-refractivity contribution is 0.117. The number of aromatic nitrogens is 2. The zero-order valence-corrected chi connectivity index (χ0v) is 15.7. The van der Waals surface area contributed by atoms with E-state index in [-0.39, 0.29) is 5.82 Å². The average molecular weight is 377 g/mol.